The van der Waals surface area contributed by atoms with Crippen molar-refractivity contribution < 1.29 is 4.79 Å². The molecule has 1 aliphatic carbocycles. The van der Waals surface area contributed by atoms with Gasteiger partial charge in [-0.2, -0.15) is 0 Å². The number of hydrogen-bond donors (Lipinski definition) is 2. The summed E-state index contributed by atoms with van der Waals surface area (Å²) < 4.78 is 0. The van der Waals surface area contributed by atoms with E-state index in [1.807, 2.05) is 25.8 Å². The molecule has 1 fully saturated rings. The molecular weight excluding hydrogens is 190 g/mol. The van der Waals surface area contributed by atoms with Crippen molar-refractivity contribution in [1.82, 2.24) is 10.2 Å². The quantitative estimate of drug-likeness (QED) is 0.726. The summed E-state index contributed by atoms with van der Waals surface area (Å²) >= 11 is 0. The maximum absolute atomic E-state index is 11.7. The summed E-state index contributed by atoms with van der Waals surface area (Å²) in [6.07, 6.45) is 4.13. The fraction of sp³-hybridized carbons (Fsp3) is 0.909. The van der Waals surface area contributed by atoms with Crippen molar-refractivity contribution >= 4 is 6.03 Å². The van der Waals surface area contributed by atoms with E-state index in [1.165, 1.54) is 0 Å². The Bertz CT molecular complexity index is 210. The standard InChI is InChI=1S/C11H23N3O/c1-8(2)13-11(15)14(3)10-6-4-9(12)5-7-10/h8-10H,4-7,12H2,1-3H3,(H,13,15). The largest absolute Gasteiger partial charge is 0.336 e. The highest BCUT2D eigenvalue weighted by atomic mass is 16.2. The first kappa shape index (κ1) is 12.3. The summed E-state index contributed by atoms with van der Waals surface area (Å²) in [6, 6.07) is 0.933. The maximum atomic E-state index is 11.7. The van der Waals surface area contributed by atoms with Gasteiger partial charge in [0.05, 0.1) is 0 Å². The second kappa shape index (κ2) is 5.35. The molecule has 3 N–H and O–H groups in total. The number of hydrogen-bond acceptors (Lipinski definition) is 2. The van der Waals surface area contributed by atoms with Crippen LogP contribution in [0.4, 0.5) is 4.79 Å². The Morgan fingerprint density at radius 1 is 1.33 bits per heavy atom. The van der Waals surface area contributed by atoms with Crippen LogP contribution in [0.1, 0.15) is 39.5 Å². The van der Waals surface area contributed by atoms with E-state index in [9.17, 15) is 4.79 Å². The molecule has 0 aromatic heterocycles. The third-order valence-corrected chi connectivity index (χ3v) is 3.02. The van der Waals surface area contributed by atoms with Crippen LogP contribution in [0, 0.1) is 0 Å². The van der Waals surface area contributed by atoms with E-state index < -0.39 is 0 Å². The SMILES string of the molecule is CC(C)NC(=O)N(C)C1CCC(N)CC1. The van der Waals surface area contributed by atoms with Gasteiger partial charge >= 0.3 is 6.03 Å². The average molecular weight is 213 g/mol. The Balaban J connectivity index is 2.39. The lowest BCUT2D eigenvalue weighted by atomic mass is 9.91. The molecule has 0 atom stereocenters. The van der Waals surface area contributed by atoms with Gasteiger partial charge in [0, 0.05) is 25.2 Å². The van der Waals surface area contributed by atoms with Gasteiger partial charge in [0.1, 0.15) is 0 Å². The van der Waals surface area contributed by atoms with Crippen LogP contribution >= 0.6 is 0 Å². The predicted molar refractivity (Wildman–Crippen MR) is 61.7 cm³/mol. The Morgan fingerprint density at radius 3 is 2.33 bits per heavy atom. The number of carbonyl (C=O) groups excluding carboxylic acids is 1. The fourth-order valence-corrected chi connectivity index (χ4v) is 2.00. The smallest absolute Gasteiger partial charge is 0.317 e. The molecule has 0 radical (unpaired) electrons. The second-order valence-electron chi connectivity index (χ2n) is 4.78. The summed E-state index contributed by atoms with van der Waals surface area (Å²) in [4.78, 5) is 13.5. The molecule has 0 unspecified atom stereocenters. The van der Waals surface area contributed by atoms with E-state index in [-0.39, 0.29) is 12.1 Å². The van der Waals surface area contributed by atoms with Crippen molar-refractivity contribution in [2.75, 3.05) is 7.05 Å². The average Bonchev–Trinajstić information content (AvgIpc) is 2.17. The van der Waals surface area contributed by atoms with E-state index in [1.54, 1.807) is 0 Å². The number of rotatable bonds is 2. The van der Waals surface area contributed by atoms with Gasteiger partial charge < -0.3 is 16.0 Å². The van der Waals surface area contributed by atoms with Crippen LogP contribution in [0.5, 0.6) is 0 Å². The van der Waals surface area contributed by atoms with E-state index in [0.717, 1.165) is 25.7 Å². The molecular formula is C11H23N3O. The van der Waals surface area contributed by atoms with Gasteiger partial charge in [-0.05, 0) is 39.5 Å². The summed E-state index contributed by atoms with van der Waals surface area (Å²) in [5.74, 6) is 0. The topological polar surface area (TPSA) is 58.4 Å². The first-order valence-electron chi connectivity index (χ1n) is 5.79. The van der Waals surface area contributed by atoms with Crippen molar-refractivity contribution in [1.29, 1.82) is 0 Å². The van der Waals surface area contributed by atoms with Crippen LogP contribution in [0.2, 0.25) is 0 Å². The Morgan fingerprint density at radius 2 is 1.87 bits per heavy atom. The highest BCUT2D eigenvalue weighted by Gasteiger charge is 2.24. The zero-order valence-electron chi connectivity index (χ0n) is 9.99. The maximum Gasteiger partial charge on any atom is 0.317 e. The van der Waals surface area contributed by atoms with Gasteiger partial charge in [-0.3, -0.25) is 0 Å². The number of nitrogens with zero attached hydrogens (tertiary/aromatic N) is 1. The molecule has 0 bridgehead atoms. The van der Waals surface area contributed by atoms with Crippen LogP contribution in [-0.2, 0) is 0 Å². The molecule has 0 spiro atoms. The number of urea groups is 1. The fourth-order valence-electron chi connectivity index (χ4n) is 2.00. The molecule has 0 heterocycles. The lowest BCUT2D eigenvalue weighted by Gasteiger charge is -2.33. The zero-order valence-corrected chi connectivity index (χ0v) is 9.99. The molecule has 1 rings (SSSR count). The molecule has 0 aliphatic heterocycles. The number of carbonyl (C=O) groups is 1. The van der Waals surface area contributed by atoms with E-state index >= 15 is 0 Å². The van der Waals surface area contributed by atoms with Gasteiger partial charge in [0.25, 0.3) is 0 Å². The van der Waals surface area contributed by atoms with Crippen molar-refractivity contribution in [3.05, 3.63) is 0 Å². The number of nitrogens with one attached hydrogen (secondary N) is 1. The first-order valence-corrected chi connectivity index (χ1v) is 5.79. The van der Waals surface area contributed by atoms with E-state index in [0.29, 0.717) is 12.1 Å². The minimum Gasteiger partial charge on any atom is -0.336 e. The van der Waals surface area contributed by atoms with Crippen molar-refractivity contribution in [2.24, 2.45) is 5.73 Å². The third-order valence-electron chi connectivity index (χ3n) is 3.02. The molecule has 15 heavy (non-hydrogen) atoms. The molecule has 0 aromatic rings. The molecule has 4 heteroatoms. The van der Waals surface area contributed by atoms with Crippen LogP contribution < -0.4 is 11.1 Å². The minimum atomic E-state index is 0.0328. The van der Waals surface area contributed by atoms with E-state index in [4.69, 9.17) is 5.73 Å². The highest BCUT2D eigenvalue weighted by Crippen LogP contribution is 2.21. The molecule has 0 aromatic carbocycles. The molecule has 88 valence electrons. The number of amides is 2. The Hall–Kier alpha value is -0.770. The minimum absolute atomic E-state index is 0.0328. The van der Waals surface area contributed by atoms with Crippen LogP contribution in [0.3, 0.4) is 0 Å². The lowest BCUT2D eigenvalue weighted by Crippen LogP contribution is -2.47. The van der Waals surface area contributed by atoms with Gasteiger partial charge in [0.2, 0.25) is 0 Å². The monoisotopic (exact) mass is 213 g/mol. The third kappa shape index (κ3) is 3.70. The van der Waals surface area contributed by atoms with Crippen LogP contribution in [0.25, 0.3) is 0 Å². The second-order valence-corrected chi connectivity index (χ2v) is 4.78. The van der Waals surface area contributed by atoms with Gasteiger partial charge in [0.15, 0.2) is 0 Å². The van der Waals surface area contributed by atoms with Crippen molar-refractivity contribution in [2.45, 2.75) is 57.7 Å². The summed E-state index contributed by atoms with van der Waals surface area (Å²) in [5.41, 5.74) is 5.83. The Labute approximate surface area is 92.2 Å². The van der Waals surface area contributed by atoms with Crippen LogP contribution in [-0.4, -0.2) is 36.1 Å². The summed E-state index contributed by atoms with van der Waals surface area (Å²) in [5, 5.41) is 2.91. The molecule has 2 amide bonds. The summed E-state index contributed by atoms with van der Waals surface area (Å²) in [7, 11) is 1.87. The molecule has 4 nitrogen and oxygen atoms in total. The van der Waals surface area contributed by atoms with Crippen LogP contribution in [0.15, 0.2) is 0 Å². The van der Waals surface area contributed by atoms with E-state index in [2.05, 4.69) is 5.32 Å². The number of nitrogens with two attached hydrogens (primary N) is 1. The molecule has 0 saturated heterocycles. The summed E-state index contributed by atoms with van der Waals surface area (Å²) in [6.45, 7) is 3.95. The lowest BCUT2D eigenvalue weighted by molar-refractivity contribution is 0.168. The molecule has 1 saturated carbocycles. The van der Waals surface area contributed by atoms with Crippen molar-refractivity contribution in [3.63, 3.8) is 0 Å². The normalized spacial score (nSPS) is 26.5. The Kier molecular flexibility index (Phi) is 4.39. The predicted octanol–water partition coefficient (Wildman–Crippen LogP) is 1.31. The van der Waals surface area contributed by atoms with Gasteiger partial charge in [-0.1, -0.05) is 0 Å². The van der Waals surface area contributed by atoms with Gasteiger partial charge in [-0.25, -0.2) is 4.79 Å². The highest BCUT2D eigenvalue weighted by molar-refractivity contribution is 5.74. The first-order chi connectivity index (χ1) is 7.00. The zero-order chi connectivity index (χ0) is 11.4. The van der Waals surface area contributed by atoms with Gasteiger partial charge in [-0.15, -0.1) is 0 Å². The van der Waals surface area contributed by atoms with Crippen molar-refractivity contribution in [3.8, 4) is 0 Å². The molecule has 1 aliphatic rings.